The topological polar surface area (TPSA) is 16.4 Å². The lowest BCUT2D eigenvalue weighted by Gasteiger charge is -2.27. The number of rotatable bonds is 4. The summed E-state index contributed by atoms with van der Waals surface area (Å²) in [5.74, 6) is 0. The highest BCUT2D eigenvalue weighted by Gasteiger charge is 2.21. The van der Waals surface area contributed by atoms with Crippen LogP contribution in [0.1, 0.15) is 34.3 Å². The predicted molar refractivity (Wildman–Crippen MR) is 169 cm³/mol. The van der Waals surface area contributed by atoms with Crippen molar-refractivity contribution in [3.8, 4) is 11.1 Å². The molecule has 0 radical (unpaired) electrons. The van der Waals surface area contributed by atoms with Gasteiger partial charge in [0.2, 0.25) is 0 Å². The van der Waals surface area contributed by atoms with Crippen LogP contribution in [0.25, 0.3) is 54.6 Å². The molecular weight excluding hydrogens is 486 g/mol. The molecule has 2 heteroatoms. The van der Waals surface area contributed by atoms with Crippen LogP contribution in [0.2, 0.25) is 0 Å². The molecule has 0 aliphatic rings. The summed E-state index contributed by atoms with van der Waals surface area (Å²) in [5, 5.41) is -3.67. The summed E-state index contributed by atoms with van der Waals surface area (Å²) >= 11 is 0. The van der Waals surface area contributed by atoms with E-state index >= 15 is 0 Å². The molecule has 0 fully saturated rings. The molecule has 0 saturated carbocycles. The van der Waals surface area contributed by atoms with E-state index in [-0.39, 0.29) is 0 Å². The maximum Gasteiger partial charge on any atom is 0.143 e. The summed E-state index contributed by atoms with van der Waals surface area (Å²) in [6.45, 7) is 0. The van der Waals surface area contributed by atoms with Crippen molar-refractivity contribution >= 4 is 60.5 Å². The zero-order valence-electron chi connectivity index (χ0n) is 44.9. The first kappa shape index (κ1) is 8.84. The van der Waals surface area contributed by atoms with Gasteiger partial charge in [-0.25, -0.2) is 0 Å². The van der Waals surface area contributed by atoms with E-state index in [9.17, 15) is 9.60 Å². The number of fused-ring (bicyclic) bond motifs is 6. The highest BCUT2D eigenvalue weighted by Crippen LogP contribution is 2.46. The van der Waals surface area contributed by atoms with Gasteiger partial charge in [-0.3, -0.25) is 0 Å². The van der Waals surface area contributed by atoms with Crippen LogP contribution in [0.15, 0.2) is 155 Å². The summed E-state index contributed by atoms with van der Waals surface area (Å²) < 4.78 is 226. The van der Waals surface area contributed by atoms with Crippen LogP contribution in [0.5, 0.6) is 0 Å². The molecule has 7 aromatic carbocycles. The van der Waals surface area contributed by atoms with E-state index in [1.165, 1.54) is 0 Å². The van der Waals surface area contributed by atoms with Crippen LogP contribution in [-0.2, 0) is 0 Å². The maximum atomic E-state index is 9.47. The van der Waals surface area contributed by atoms with Crippen molar-refractivity contribution in [1.29, 1.82) is 0 Å². The second-order valence-electron chi connectivity index (χ2n) is 8.27. The molecule has 1 heterocycles. The van der Waals surface area contributed by atoms with Gasteiger partial charge in [-0.2, -0.15) is 0 Å². The van der Waals surface area contributed by atoms with Crippen LogP contribution in [0.4, 0.5) is 17.1 Å². The number of anilines is 3. The normalized spacial score (nSPS) is 20.2. The van der Waals surface area contributed by atoms with Crippen molar-refractivity contribution in [1.82, 2.24) is 0 Å². The molecule has 0 N–H and O–H groups in total. The molecule has 0 saturated heterocycles. The van der Waals surface area contributed by atoms with Gasteiger partial charge in [0.15, 0.2) is 0 Å². The fourth-order valence-corrected chi connectivity index (χ4v) is 4.34. The van der Waals surface area contributed by atoms with Crippen LogP contribution < -0.4 is 4.90 Å². The predicted octanol–water partition coefficient (Wildman–Crippen LogP) is 11.0. The Morgan fingerprint density at radius 3 is 1.90 bits per heavy atom. The van der Waals surface area contributed by atoms with Crippen molar-refractivity contribution in [2.75, 3.05) is 4.90 Å². The monoisotopic (exact) mass is 536 g/mol. The van der Waals surface area contributed by atoms with Crippen molar-refractivity contribution in [3.05, 3.63) is 151 Å². The second-order valence-corrected chi connectivity index (χ2v) is 8.27. The van der Waals surface area contributed by atoms with Gasteiger partial charge in [0, 0.05) is 21.8 Å². The molecule has 8 rings (SSSR count). The number of hydrogen-bond acceptors (Lipinski definition) is 2. The van der Waals surface area contributed by atoms with Crippen LogP contribution in [0, 0.1) is 0 Å². The molecule has 40 heavy (non-hydrogen) atoms. The van der Waals surface area contributed by atoms with E-state index in [1.807, 2.05) is 0 Å². The zero-order valence-corrected chi connectivity index (χ0v) is 19.9. The Hall–Kier alpha value is -5.34. The number of furan rings is 1. The lowest BCUT2D eigenvalue weighted by Crippen LogP contribution is -2.10. The quantitative estimate of drug-likeness (QED) is 0.222. The molecule has 188 valence electrons. The molecule has 0 amide bonds. The minimum absolute atomic E-state index is 0.488. The van der Waals surface area contributed by atoms with Gasteiger partial charge in [0.05, 0.1) is 51.0 Å². The fraction of sp³-hybridized carbons (Fsp3) is 0. The Kier molecular flexibility index (Phi) is 2.02. The first-order chi connectivity index (χ1) is 30.3. The molecule has 0 aliphatic heterocycles. The molecule has 0 unspecified atom stereocenters. The van der Waals surface area contributed by atoms with Crippen molar-refractivity contribution < 1.29 is 38.7 Å². The summed E-state index contributed by atoms with van der Waals surface area (Å²) in [6.07, 6.45) is 0. The Bertz CT molecular complexity index is 3500. The largest absolute Gasteiger partial charge is 0.455 e. The van der Waals surface area contributed by atoms with E-state index in [1.54, 1.807) is 0 Å². The van der Waals surface area contributed by atoms with E-state index in [0.29, 0.717) is 4.90 Å². The van der Waals surface area contributed by atoms with Gasteiger partial charge < -0.3 is 9.32 Å². The lowest BCUT2D eigenvalue weighted by atomic mass is 10.0. The standard InChI is InChI=1S/C38H25NO/c1-2-10-26(11-3-1)27-20-23-30(24-21-27)39(34-17-8-14-28-12-4-6-15-31(28)34)35-18-9-19-36-37(35)33-25-22-29-13-5-7-16-32(29)38(33)40-36/h1-25H/i1D,2D,3D,4D,5D,6D,7D,8D,9D,10D,11D,12D,13D,14D,15D,16D,17D,18D,19D,20D,21D,22D,23D,24D,25D. The Morgan fingerprint density at radius 1 is 0.450 bits per heavy atom. The first-order valence-electron chi connectivity index (χ1n) is 24.1. The summed E-state index contributed by atoms with van der Waals surface area (Å²) in [6, 6.07) is -23.6. The second kappa shape index (κ2) is 9.14. The molecule has 2 nitrogen and oxygen atoms in total. The van der Waals surface area contributed by atoms with Gasteiger partial charge in [-0.15, -0.1) is 0 Å². The number of hydrogen-bond donors (Lipinski definition) is 0. The number of nitrogens with zero attached hydrogens (tertiary/aromatic N) is 1. The SMILES string of the molecule is [2H]c1c([2H])c([2H])c(-c2c([2H])c([2H])c(N(c3c([2H])c([2H])c([2H])c4c([2H])c([2H])c([2H])c([2H])c34)c3c([2H])c([2H])c([2H])c4oc5c6c([2H])c([2H])c([2H])c([2H])c6c([2H])c([2H])c5c34)c([2H])c2[2H])c([2H])c1[2H]. The van der Waals surface area contributed by atoms with Gasteiger partial charge in [0.25, 0.3) is 0 Å². The van der Waals surface area contributed by atoms with Gasteiger partial charge in [-0.05, 0) is 58.2 Å². The lowest BCUT2D eigenvalue weighted by molar-refractivity contribution is 0.672. The summed E-state index contributed by atoms with van der Waals surface area (Å²) in [5.41, 5.74) is -5.75. The highest BCUT2D eigenvalue weighted by atomic mass is 16.3. The summed E-state index contributed by atoms with van der Waals surface area (Å²) in [7, 11) is 0. The molecule has 1 aromatic heterocycles. The maximum absolute atomic E-state index is 9.47. The molecule has 8 aromatic rings. The van der Waals surface area contributed by atoms with Crippen LogP contribution in [0.3, 0.4) is 0 Å². The molecule has 0 aliphatic carbocycles. The van der Waals surface area contributed by atoms with Gasteiger partial charge >= 0.3 is 0 Å². The van der Waals surface area contributed by atoms with Gasteiger partial charge in [0.1, 0.15) is 11.2 Å². The average molecular weight is 537 g/mol. The van der Waals surface area contributed by atoms with E-state index in [0.717, 1.165) is 0 Å². The Balaban J connectivity index is 1.71. The van der Waals surface area contributed by atoms with Gasteiger partial charge in [-0.1, -0.05) is 115 Å². The van der Waals surface area contributed by atoms with E-state index in [4.69, 9.17) is 29.1 Å². The highest BCUT2D eigenvalue weighted by molar-refractivity contribution is 6.20. The average Bonchev–Trinajstić information content (AvgIpc) is 3.67. The van der Waals surface area contributed by atoms with Crippen LogP contribution >= 0.6 is 0 Å². The Labute approximate surface area is 267 Å². The third-order valence-electron chi connectivity index (χ3n) is 6.05. The molecular formula is C38H25NO. The zero-order chi connectivity index (χ0) is 48.2. The number of benzene rings is 7. The molecule has 0 atom stereocenters. The van der Waals surface area contributed by atoms with Crippen molar-refractivity contribution in [3.63, 3.8) is 0 Å². The summed E-state index contributed by atoms with van der Waals surface area (Å²) in [4.78, 5) is 0.528. The van der Waals surface area contributed by atoms with E-state index < -0.39 is 223 Å². The van der Waals surface area contributed by atoms with Crippen molar-refractivity contribution in [2.24, 2.45) is 0 Å². The minimum atomic E-state index is -1.17. The fourth-order valence-electron chi connectivity index (χ4n) is 4.34. The van der Waals surface area contributed by atoms with Crippen molar-refractivity contribution in [2.45, 2.75) is 0 Å². The Morgan fingerprint density at radius 2 is 1.07 bits per heavy atom. The molecule has 0 spiro atoms. The minimum Gasteiger partial charge on any atom is -0.455 e. The van der Waals surface area contributed by atoms with Crippen LogP contribution in [-0.4, -0.2) is 0 Å². The van der Waals surface area contributed by atoms with E-state index in [2.05, 4.69) is 0 Å². The smallest absolute Gasteiger partial charge is 0.143 e. The third-order valence-corrected chi connectivity index (χ3v) is 6.05. The first-order valence-corrected chi connectivity index (χ1v) is 11.6. The third kappa shape index (κ3) is 3.58. The molecule has 0 bridgehead atoms.